The van der Waals surface area contributed by atoms with Crippen molar-refractivity contribution >= 4 is 6.09 Å². The third kappa shape index (κ3) is 3.45. The van der Waals surface area contributed by atoms with Gasteiger partial charge in [0.1, 0.15) is 6.61 Å². The smallest absolute Gasteiger partial charge is 0.410 e. The molecule has 1 aliphatic heterocycles. The second-order valence-corrected chi connectivity index (χ2v) is 7.64. The number of nitrogens with zero attached hydrogens (tertiary/aromatic N) is 1. The molecule has 0 bridgehead atoms. The van der Waals surface area contributed by atoms with E-state index in [2.05, 4.69) is 30.8 Å². The van der Waals surface area contributed by atoms with E-state index in [1.165, 1.54) is 22.3 Å². The van der Waals surface area contributed by atoms with Crippen molar-refractivity contribution in [1.82, 2.24) is 4.90 Å². The number of hydrogen-bond donors (Lipinski definition) is 1. The Kier molecular flexibility index (Phi) is 5.49. The average Bonchev–Trinajstić information content (AvgIpc) is 3.34. The maximum Gasteiger partial charge on any atom is 0.410 e. The van der Waals surface area contributed by atoms with E-state index < -0.39 is 6.10 Å². The lowest BCUT2D eigenvalue weighted by atomic mass is 9.98. The normalized spacial score (nSPS) is 19.2. The van der Waals surface area contributed by atoms with Crippen molar-refractivity contribution in [2.75, 3.05) is 13.2 Å². The molecule has 0 aromatic heterocycles. The molecule has 1 heterocycles. The SMILES string of the molecule is C=CCCC(O)[C@@H]1CCCN1C(=O)OCC1c2ccccc2-c2ccccc21. The standard InChI is InChI=1S/C24H27NO3/c1-2-3-14-23(26)22-13-8-15-25(22)24(27)28-16-21-19-11-6-4-9-17(19)18-10-5-7-12-20(18)21/h2,4-7,9-12,21-23,26H,1,3,8,13-16H2/t22-,23?/m0/s1. The molecule has 0 spiro atoms. The van der Waals surface area contributed by atoms with Crippen molar-refractivity contribution in [3.8, 4) is 11.1 Å². The van der Waals surface area contributed by atoms with E-state index in [9.17, 15) is 9.90 Å². The molecule has 1 fully saturated rings. The molecule has 0 radical (unpaired) electrons. The van der Waals surface area contributed by atoms with Crippen LogP contribution in [-0.2, 0) is 4.74 Å². The molecule has 1 N–H and O–H groups in total. The van der Waals surface area contributed by atoms with Gasteiger partial charge in [-0.1, -0.05) is 54.6 Å². The Balaban J connectivity index is 1.46. The first kappa shape index (κ1) is 18.8. The summed E-state index contributed by atoms with van der Waals surface area (Å²) in [7, 11) is 0. The minimum absolute atomic E-state index is 0.0584. The van der Waals surface area contributed by atoms with Crippen molar-refractivity contribution in [3.05, 3.63) is 72.3 Å². The molecule has 1 saturated heterocycles. The second kappa shape index (κ2) is 8.19. The number of likely N-dealkylation sites (tertiary alicyclic amines) is 1. The quantitative estimate of drug-likeness (QED) is 0.741. The van der Waals surface area contributed by atoms with E-state index in [1.807, 2.05) is 24.3 Å². The van der Waals surface area contributed by atoms with E-state index in [0.717, 1.165) is 19.3 Å². The zero-order valence-electron chi connectivity index (χ0n) is 16.1. The molecule has 1 amide bonds. The Morgan fingerprint density at radius 3 is 2.46 bits per heavy atom. The molecule has 146 valence electrons. The number of ether oxygens (including phenoxy) is 1. The Morgan fingerprint density at radius 2 is 1.82 bits per heavy atom. The highest BCUT2D eigenvalue weighted by atomic mass is 16.6. The lowest BCUT2D eigenvalue weighted by Gasteiger charge is -2.28. The zero-order valence-corrected chi connectivity index (χ0v) is 16.1. The van der Waals surface area contributed by atoms with Gasteiger partial charge in [-0.05, 0) is 47.9 Å². The van der Waals surface area contributed by atoms with Crippen molar-refractivity contribution in [2.45, 2.75) is 43.7 Å². The molecule has 1 unspecified atom stereocenters. The molecule has 2 aromatic rings. The number of aliphatic hydroxyl groups excluding tert-OH is 1. The number of allylic oxidation sites excluding steroid dienone is 1. The van der Waals surface area contributed by atoms with E-state index in [1.54, 1.807) is 11.0 Å². The summed E-state index contributed by atoms with van der Waals surface area (Å²) < 4.78 is 5.76. The van der Waals surface area contributed by atoms with Crippen LogP contribution < -0.4 is 0 Å². The summed E-state index contributed by atoms with van der Waals surface area (Å²) in [5.74, 6) is 0.0584. The number of fused-ring (bicyclic) bond motifs is 3. The van der Waals surface area contributed by atoms with Gasteiger partial charge in [0.2, 0.25) is 0 Å². The number of carbonyl (C=O) groups excluding carboxylic acids is 1. The number of carbonyl (C=O) groups is 1. The molecular weight excluding hydrogens is 350 g/mol. The van der Waals surface area contributed by atoms with E-state index in [0.29, 0.717) is 19.6 Å². The van der Waals surface area contributed by atoms with Crippen LogP contribution in [0.5, 0.6) is 0 Å². The largest absolute Gasteiger partial charge is 0.448 e. The highest BCUT2D eigenvalue weighted by Gasteiger charge is 2.36. The van der Waals surface area contributed by atoms with E-state index in [-0.39, 0.29) is 18.1 Å². The first-order chi connectivity index (χ1) is 13.7. The van der Waals surface area contributed by atoms with Crippen LogP contribution >= 0.6 is 0 Å². The highest BCUT2D eigenvalue weighted by Crippen LogP contribution is 2.44. The van der Waals surface area contributed by atoms with Gasteiger partial charge in [-0.25, -0.2) is 4.79 Å². The van der Waals surface area contributed by atoms with Crippen LogP contribution in [0.25, 0.3) is 11.1 Å². The predicted octanol–water partition coefficient (Wildman–Crippen LogP) is 4.73. The number of aliphatic hydroxyl groups is 1. The summed E-state index contributed by atoms with van der Waals surface area (Å²) in [5.41, 5.74) is 4.86. The van der Waals surface area contributed by atoms with Crippen LogP contribution in [0, 0.1) is 0 Å². The van der Waals surface area contributed by atoms with Gasteiger partial charge in [-0.2, -0.15) is 0 Å². The van der Waals surface area contributed by atoms with Crippen LogP contribution in [-0.4, -0.2) is 41.4 Å². The molecule has 2 atom stereocenters. The molecule has 0 saturated carbocycles. The minimum atomic E-state index is -0.527. The average molecular weight is 377 g/mol. The summed E-state index contributed by atoms with van der Waals surface area (Å²) in [4.78, 5) is 14.5. The Hall–Kier alpha value is -2.59. The van der Waals surface area contributed by atoms with Gasteiger partial charge in [0, 0.05) is 12.5 Å². The number of amides is 1. The molecule has 28 heavy (non-hydrogen) atoms. The van der Waals surface area contributed by atoms with E-state index >= 15 is 0 Å². The number of rotatable bonds is 6. The summed E-state index contributed by atoms with van der Waals surface area (Å²) in [6.07, 6.45) is 4.05. The Bertz CT molecular complexity index is 817. The Morgan fingerprint density at radius 1 is 1.18 bits per heavy atom. The molecule has 4 rings (SSSR count). The molecule has 2 aliphatic rings. The molecule has 4 nitrogen and oxygen atoms in total. The first-order valence-electron chi connectivity index (χ1n) is 10.1. The molecular formula is C24H27NO3. The molecule has 2 aromatic carbocycles. The predicted molar refractivity (Wildman–Crippen MR) is 110 cm³/mol. The van der Waals surface area contributed by atoms with Crippen molar-refractivity contribution in [1.29, 1.82) is 0 Å². The minimum Gasteiger partial charge on any atom is -0.448 e. The van der Waals surface area contributed by atoms with Crippen molar-refractivity contribution < 1.29 is 14.6 Å². The summed E-state index contributed by atoms with van der Waals surface area (Å²) in [6, 6.07) is 16.5. The summed E-state index contributed by atoms with van der Waals surface area (Å²) >= 11 is 0. The van der Waals surface area contributed by atoms with Crippen LogP contribution in [0.4, 0.5) is 4.79 Å². The fourth-order valence-electron chi connectivity index (χ4n) is 4.58. The zero-order chi connectivity index (χ0) is 19.5. The monoisotopic (exact) mass is 377 g/mol. The van der Waals surface area contributed by atoms with Gasteiger partial charge in [-0.15, -0.1) is 6.58 Å². The van der Waals surface area contributed by atoms with Crippen LogP contribution in [0.2, 0.25) is 0 Å². The lowest BCUT2D eigenvalue weighted by Crippen LogP contribution is -2.43. The van der Waals surface area contributed by atoms with Gasteiger partial charge in [0.15, 0.2) is 0 Å². The fourth-order valence-corrected chi connectivity index (χ4v) is 4.58. The molecule has 4 heteroatoms. The van der Waals surface area contributed by atoms with Crippen molar-refractivity contribution in [3.63, 3.8) is 0 Å². The first-order valence-corrected chi connectivity index (χ1v) is 10.1. The maximum atomic E-state index is 12.8. The van der Waals surface area contributed by atoms with Crippen LogP contribution in [0.3, 0.4) is 0 Å². The number of hydrogen-bond acceptors (Lipinski definition) is 3. The second-order valence-electron chi connectivity index (χ2n) is 7.64. The van der Waals surface area contributed by atoms with Gasteiger partial charge in [0.05, 0.1) is 12.1 Å². The summed E-state index contributed by atoms with van der Waals surface area (Å²) in [6.45, 7) is 4.67. The van der Waals surface area contributed by atoms with Crippen LogP contribution in [0.15, 0.2) is 61.2 Å². The van der Waals surface area contributed by atoms with Gasteiger partial charge >= 0.3 is 6.09 Å². The third-order valence-corrected chi connectivity index (χ3v) is 5.98. The third-order valence-electron chi connectivity index (χ3n) is 5.98. The summed E-state index contributed by atoms with van der Waals surface area (Å²) in [5, 5.41) is 10.4. The van der Waals surface area contributed by atoms with Gasteiger partial charge in [0.25, 0.3) is 0 Å². The van der Waals surface area contributed by atoms with Crippen molar-refractivity contribution in [2.24, 2.45) is 0 Å². The van der Waals surface area contributed by atoms with Gasteiger partial charge in [-0.3, -0.25) is 0 Å². The lowest BCUT2D eigenvalue weighted by molar-refractivity contribution is 0.0471. The van der Waals surface area contributed by atoms with E-state index in [4.69, 9.17) is 4.74 Å². The topological polar surface area (TPSA) is 49.8 Å². The van der Waals surface area contributed by atoms with Crippen LogP contribution in [0.1, 0.15) is 42.7 Å². The fraction of sp³-hybridized carbons (Fsp3) is 0.375. The molecule has 1 aliphatic carbocycles. The number of benzene rings is 2. The Labute approximate surface area is 166 Å². The highest BCUT2D eigenvalue weighted by molar-refractivity contribution is 5.79. The van der Waals surface area contributed by atoms with Gasteiger partial charge < -0.3 is 14.7 Å². The maximum absolute atomic E-state index is 12.8.